The Balaban J connectivity index is 1.19. The highest BCUT2D eigenvalue weighted by Gasteiger charge is 2.12. The van der Waals surface area contributed by atoms with Crippen LogP contribution in [0.4, 0.5) is 0 Å². The summed E-state index contributed by atoms with van der Waals surface area (Å²) in [7, 11) is 0. The molecule has 172 valence electrons. The summed E-state index contributed by atoms with van der Waals surface area (Å²) in [5, 5.41) is 9.94. The highest BCUT2D eigenvalue weighted by Crippen LogP contribution is 2.31. The Hall–Kier alpha value is -4.42. The van der Waals surface area contributed by atoms with Gasteiger partial charge in [-0.25, -0.2) is 0 Å². The minimum Gasteiger partial charge on any atom is -0.490 e. The number of H-pyrrole nitrogens is 2. The van der Waals surface area contributed by atoms with Gasteiger partial charge < -0.3 is 15.5 Å². The van der Waals surface area contributed by atoms with Crippen LogP contribution < -0.4 is 10.5 Å². The van der Waals surface area contributed by atoms with Gasteiger partial charge in [0, 0.05) is 45.9 Å². The number of hydrogen-bond donors (Lipinski definition) is 3. The van der Waals surface area contributed by atoms with Gasteiger partial charge >= 0.3 is 0 Å². The number of pyridine rings is 1. The zero-order valence-corrected chi connectivity index (χ0v) is 19.1. The van der Waals surface area contributed by atoms with E-state index in [1.54, 1.807) is 6.20 Å². The van der Waals surface area contributed by atoms with Gasteiger partial charge in [0.25, 0.3) is 0 Å². The van der Waals surface area contributed by atoms with E-state index in [1.807, 2.05) is 48.8 Å². The molecule has 0 aliphatic heterocycles. The van der Waals surface area contributed by atoms with Crippen molar-refractivity contribution in [2.24, 2.45) is 5.73 Å². The van der Waals surface area contributed by atoms with Crippen molar-refractivity contribution < 1.29 is 4.74 Å². The van der Waals surface area contributed by atoms with Crippen molar-refractivity contribution in [2.75, 3.05) is 6.61 Å². The van der Waals surface area contributed by atoms with Crippen LogP contribution in [0.5, 0.6) is 5.75 Å². The first-order chi connectivity index (χ1) is 17.2. The summed E-state index contributed by atoms with van der Waals surface area (Å²) >= 11 is 0. The highest BCUT2D eigenvalue weighted by molar-refractivity contribution is 5.95. The molecule has 4 N–H and O–H groups in total. The van der Waals surface area contributed by atoms with Crippen LogP contribution in [-0.4, -0.2) is 32.8 Å². The Kier molecular flexibility index (Phi) is 5.48. The highest BCUT2D eigenvalue weighted by atomic mass is 16.5. The number of nitrogens with one attached hydrogen (secondary N) is 2. The van der Waals surface area contributed by atoms with E-state index in [2.05, 4.69) is 62.6 Å². The number of nitrogens with zero attached hydrogens (tertiary/aromatic N) is 2. The van der Waals surface area contributed by atoms with Crippen LogP contribution in [0.2, 0.25) is 0 Å². The van der Waals surface area contributed by atoms with Crippen LogP contribution in [0.1, 0.15) is 5.56 Å². The van der Waals surface area contributed by atoms with Gasteiger partial charge in [0.1, 0.15) is 12.4 Å². The fourth-order valence-electron chi connectivity index (χ4n) is 4.51. The van der Waals surface area contributed by atoms with Crippen molar-refractivity contribution in [3.63, 3.8) is 0 Å². The average Bonchev–Trinajstić information content (AvgIpc) is 3.52. The molecule has 0 unspecified atom stereocenters. The molecule has 6 heteroatoms. The molecule has 0 radical (unpaired) electrons. The van der Waals surface area contributed by atoms with E-state index in [0.717, 1.165) is 45.2 Å². The van der Waals surface area contributed by atoms with Gasteiger partial charge in [-0.2, -0.15) is 5.10 Å². The number of fused-ring (bicyclic) bond motifs is 2. The summed E-state index contributed by atoms with van der Waals surface area (Å²) in [5.74, 6) is 0.701. The quantitative estimate of drug-likeness (QED) is 0.285. The SMILES string of the molecule is N[C@H](COc1cncc(-c2ccc3[nH]nc(-c4ccccc4)c3c2)c1)Cc1c[nH]c2ccccc12. The van der Waals surface area contributed by atoms with Crippen LogP contribution in [0.15, 0.2) is 97.5 Å². The van der Waals surface area contributed by atoms with Crippen LogP contribution in [0, 0.1) is 0 Å². The fourth-order valence-corrected chi connectivity index (χ4v) is 4.51. The van der Waals surface area contributed by atoms with E-state index >= 15 is 0 Å². The number of aromatic amines is 2. The molecule has 6 rings (SSSR count). The molecular weight excluding hydrogens is 434 g/mol. The summed E-state index contributed by atoms with van der Waals surface area (Å²) in [4.78, 5) is 7.71. The summed E-state index contributed by atoms with van der Waals surface area (Å²) in [6.07, 6.45) is 6.34. The Morgan fingerprint density at radius 3 is 2.57 bits per heavy atom. The van der Waals surface area contributed by atoms with E-state index in [9.17, 15) is 0 Å². The molecule has 3 aromatic heterocycles. The molecular formula is C29H25N5O. The normalized spacial score (nSPS) is 12.3. The van der Waals surface area contributed by atoms with Gasteiger partial charge in [-0.1, -0.05) is 54.6 Å². The lowest BCUT2D eigenvalue weighted by atomic mass is 10.0. The molecule has 6 aromatic rings. The van der Waals surface area contributed by atoms with Crippen molar-refractivity contribution in [1.29, 1.82) is 0 Å². The monoisotopic (exact) mass is 459 g/mol. The van der Waals surface area contributed by atoms with E-state index < -0.39 is 0 Å². The minimum atomic E-state index is -0.131. The van der Waals surface area contributed by atoms with Crippen LogP contribution >= 0.6 is 0 Å². The predicted molar refractivity (Wildman–Crippen MR) is 140 cm³/mol. The first-order valence-corrected chi connectivity index (χ1v) is 11.7. The number of ether oxygens (including phenoxy) is 1. The third-order valence-electron chi connectivity index (χ3n) is 6.28. The van der Waals surface area contributed by atoms with Crippen LogP contribution in [0.25, 0.3) is 44.2 Å². The van der Waals surface area contributed by atoms with Crippen molar-refractivity contribution in [2.45, 2.75) is 12.5 Å². The van der Waals surface area contributed by atoms with Gasteiger partial charge in [-0.15, -0.1) is 0 Å². The van der Waals surface area contributed by atoms with Crippen LogP contribution in [0.3, 0.4) is 0 Å². The first-order valence-electron chi connectivity index (χ1n) is 11.7. The van der Waals surface area contributed by atoms with Gasteiger partial charge in [0.2, 0.25) is 0 Å². The molecule has 0 aliphatic rings. The van der Waals surface area contributed by atoms with Crippen molar-refractivity contribution in [3.05, 3.63) is 103 Å². The Morgan fingerprint density at radius 1 is 0.800 bits per heavy atom. The number of benzene rings is 3. The molecule has 0 spiro atoms. The fraction of sp³-hybridized carbons (Fsp3) is 0.103. The standard InChI is InChI=1S/C29H25N5O/c30-23(12-22-16-32-27-9-5-4-8-25(22)27)18-35-24-13-21(15-31-17-24)20-10-11-28-26(14-20)29(34-33-28)19-6-2-1-3-7-19/h1-11,13-17,23,32H,12,18,30H2,(H,33,34)/t23-/m0/s1. The number of para-hydroxylation sites is 1. The lowest BCUT2D eigenvalue weighted by Gasteiger charge is -2.13. The largest absolute Gasteiger partial charge is 0.490 e. The molecule has 0 aliphatic carbocycles. The lowest BCUT2D eigenvalue weighted by molar-refractivity contribution is 0.287. The number of nitrogens with two attached hydrogens (primary N) is 1. The summed E-state index contributed by atoms with van der Waals surface area (Å²) in [6.45, 7) is 0.406. The van der Waals surface area contributed by atoms with Gasteiger partial charge in [0.15, 0.2) is 0 Å². The Bertz CT molecular complexity index is 1600. The second-order valence-electron chi connectivity index (χ2n) is 8.74. The maximum Gasteiger partial charge on any atom is 0.138 e. The summed E-state index contributed by atoms with van der Waals surface area (Å²) in [5.41, 5.74) is 13.8. The molecule has 0 saturated heterocycles. The molecule has 3 aromatic carbocycles. The lowest BCUT2D eigenvalue weighted by Crippen LogP contribution is -2.30. The molecule has 0 bridgehead atoms. The van der Waals surface area contributed by atoms with E-state index in [4.69, 9.17) is 10.5 Å². The maximum absolute atomic E-state index is 6.41. The van der Waals surface area contributed by atoms with E-state index in [0.29, 0.717) is 12.4 Å². The number of rotatable bonds is 7. The molecule has 0 fully saturated rings. The van der Waals surface area contributed by atoms with Crippen molar-refractivity contribution >= 4 is 21.8 Å². The molecule has 0 saturated carbocycles. The van der Waals surface area contributed by atoms with E-state index in [-0.39, 0.29) is 6.04 Å². The molecule has 6 nitrogen and oxygen atoms in total. The Labute approximate surface area is 202 Å². The number of aromatic nitrogens is 4. The third-order valence-corrected chi connectivity index (χ3v) is 6.28. The van der Waals surface area contributed by atoms with Gasteiger partial charge in [-0.05, 0) is 41.8 Å². The van der Waals surface area contributed by atoms with Crippen molar-refractivity contribution in [3.8, 4) is 28.1 Å². The van der Waals surface area contributed by atoms with Crippen LogP contribution in [-0.2, 0) is 6.42 Å². The molecule has 3 heterocycles. The third kappa shape index (κ3) is 4.27. The second kappa shape index (κ2) is 9.08. The first kappa shape index (κ1) is 21.1. The van der Waals surface area contributed by atoms with Gasteiger partial charge in [0.05, 0.1) is 17.4 Å². The Morgan fingerprint density at radius 2 is 1.66 bits per heavy atom. The average molecular weight is 460 g/mol. The summed E-state index contributed by atoms with van der Waals surface area (Å²) < 4.78 is 6.04. The zero-order valence-electron chi connectivity index (χ0n) is 19.1. The van der Waals surface area contributed by atoms with Crippen molar-refractivity contribution in [1.82, 2.24) is 20.2 Å². The topological polar surface area (TPSA) is 92.6 Å². The number of hydrogen-bond acceptors (Lipinski definition) is 4. The maximum atomic E-state index is 6.41. The smallest absolute Gasteiger partial charge is 0.138 e. The molecule has 0 amide bonds. The molecule has 35 heavy (non-hydrogen) atoms. The summed E-state index contributed by atoms with van der Waals surface area (Å²) in [6, 6.07) is 26.6. The minimum absolute atomic E-state index is 0.131. The second-order valence-corrected chi connectivity index (χ2v) is 8.74. The molecule has 1 atom stereocenters. The predicted octanol–water partition coefficient (Wildman–Crippen LogP) is 5.72. The van der Waals surface area contributed by atoms with E-state index in [1.165, 1.54) is 10.9 Å². The zero-order chi connectivity index (χ0) is 23.6. The van der Waals surface area contributed by atoms with Gasteiger partial charge in [-0.3, -0.25) is 10.1 Å².